The van der Waals surface area contributed by atoms with E-state index in [1.165, 1.54) is 4.88 Å². The van der Waals surface area contributed by atoms with Gasteiger partial charge in [-0.1, -0.05) is 12.1 Å². The molecule has 1 amide bonds. The average molecular weight is 306 g/mol. The summed E-state index contributed by atoms with van der Waals surface area (Å²) in [6, 6.07) is 10.2. The van der Waals surface area contributed by atoms with Gasteiger partial charge in [-0.2, -0.15) is 0 Å². The summed E-state index contributed by atoms with van der Waals surface area (Å²) in [5.74, 6) is 0.0191. The van der Waals surface area contributed by atoms with E-state index in [4.69, 9.17) is 11.6 Å². The molecule has 1 aromatic heterocycles. The molecule has 1 N–H and O–H groups in total. The van der Waals surface area contributed by atoms with Gasteiger partial charge in [-0.05, 0) is 49.1 Å². The summed E-state index contributed by atoms with van der Waals surface area (Å²) < 4.78 is 0. The van der Waals surface area contributed by atoms with Crippen LogP contribution in [0.1, 0.15) is 43.0 Å². The molecule has 0 bridgehead atoms. The summed E-state index contributed by atoms with van der Waals surface area (Å²) in [6.07, 6.45) is 1.94. The normalized spacial score (nSPS) is 16.2. The van der Waals surface area contributed by atoms with Crippen molar-refractivity contribution in [2.45, 2.75) is 25.1 Å². The van der Waals surface area contributed by atoms with E-state index in [0.29, 0.717) is 0 Å². The number of fused-ring (bicyclic) bond motifs is 1. The molecule has 3 rings (SSSR count). The van der Waals surface area contributed by atoms with E-state index in [-0.39, 0.29) is 11.3 Å². The largest absolute Gasteiger partial charge is 0.352 e. The molecule has 2 nitrogen and oxygen atoms in total. The van der Waals surface area contributed by atoms with E-state index in [2.05, 4.69) is 24.4 Å². The lowest BCUT2D eigenvalue weighted by molar-refractivity contribution is 0.0956. The van der Waals surface area contributed by atoms with Crippen LogP contribution < -0.4 is 5.32 Å². The highest BCUT2D eigenvalue weighted by Crippen LogP contribution is 2.34. The zero-order valence-electron chi connectivity index (χ0n) is 11.3. The number of benzene rings is 1. The monoisotopic (exact) mass is 305 g/mol. The zero-order chi connectivity index (χ0) is 14.1. The molecule has 20 heavy (non-hydrogen) atoms. The van der Waals surface area contributed by atoms with E-state index in [1.807, 2.05) is 18.2 Å². The predicted molar refractivity (Wildman–Crippen MR) is 83.8 cm³/mol. The van der Waals surface area contributed by atoms with E-state index in [0.717, 1.165) is 41.0 Å². The van der Waals surface area contributed by atoms with Gasteiger partial charge in [0.05, 0.1) is 5.38 Å². The second-order valence-electron chi connectivity index (χ2n) is 5.09. The summed E-state index contributed by atoms with van der Waals surface area (Å²) in [6.45, 7) is 2.82. The molecular formula is C16H16ClNOS. The van der Waals surface area contributed by atoms with E-state index in [9.17, 15) is 4.79 Å². The van der Waals surface area contributed by atoms with Crippen LogP contribution in [0.25, 0.3) is 0 Å². The van der Waals surface area contributed by atoms with Crippen molar-refractivity contribution in [2.75, 3.05) is 6.54 Å². The SMILES string of the molecule is Cc1ccc(C(Cl)c2ccc3c(c2)C(=O)NCCC3)s1. The number of alkyl halides is 1. The fourth-order valence-corrected chi connectivity index (χ4v) is 3.74. The van der Waals surface area contributed by atoms with Gasteiger partial charge in [-0.15, -0.1) is 22.9 Å². The number of carbonyl (C=O) groups excluding carboxylic acids is 1. The second kappa shape index (κ2) is 5.58. The van der Waals surface area contributed by atoms with Crippen molar-refractivity contribution in [1.29, 1.82) is 0 Å². The van der Waals surface area contributed by atoms with Crippen LogP contribution >= 0.6 is 22.9 Å². The smallest absolute Gasteiger partial charge is 0.251 e. The number of nitrogens with one attached hydrogen (secondary N) is 1. The van der Waals surface area contributed by atoms with Crippen LogP contribution in [0.15, 0.2) is 30.3 Å². The Morgan fingerprint density at radius 2 is 2.15 bits per heavy atom. The first-order valence-electron chi connectivity index (χ1n) is 6.76. The lowest BCUT2D eigenvalue weighted by atomic mass is 9.99. The van der Waals surface area contributed by atoms with Crippen LogP contribution in [-0.2, 0) is 6.42 Å². The molecule has 1 aliphatic rings. The van der Waals surface area contributed by atoms with Gasteiger partial charge in [-0.3, -0.25) is 4.79 Å². The molecule has 1 aliphatic heterocycles. The summed E-state index contributed by atoms with van der Waals surface area (Å²) >= 11 is 8.26. The Bertz CT molecular complexity index is 650. The first-order valence-corrected chi connectivity index (χ1v) is 8.02. The third-order valence-electron chi connectivity index (χ3n) is 3.59. The summed E-state index contributed by atoms with van der Waals surface area (Å²) in [4.78, 5) is 14.4. The third kappa shape index (κ3) is 2.60. The van der Waals surface area contributed by atoms with Crippen molar-refractivity contribution in [3.05, 3.63) is 56.8 Å². The summed E-state index contributed by atoms with van der Waals surface area (Å²) in [5, 5.41) is 2.75. The van der Waals surface area contributed by atoms with Crippen LogP contribution in [0.5, 0.6) is 0 Å². The average Bonchev–Trinajstić information content (AvgIpc) is 2.80. The Morgan fingerprint density at radius 3 is 2.90 bits per heavy atom. The van der Waals surface area contributed by atoms with E-state index < -0.39 is 0 Å². The molecule has 0 spiro atoms. The minimum atomic E-state index is -0.185. The molecular weight excluding hydrogens is 290 g/mol. The van der Waals surface area contributed by atoms with Crippen LogP contribution in [0.2, 0.25) is 0 Å². The van der Waals surface area contributed by atoms with Crippen LogP contribution in [0.4, 0.5) is 0 Å². The lowest BCUT2D eigenvalue weighted by Gasteiger charge is -2.11. The fourth-order valence-electron chi connectivity index (χ4n) is 2.51. The van der Waals surface area contributed by atoms with Crippen LogP contribution in [0.3, 0.4) is 0 Å². The quantitative estimate of drug-likeness (QED) is 0.833. The van der Waals surface area contributed by atoms with Crippen molar-refractivity contribution in [2.24, 2.45) is 0 Å². The highest BCUT2D eigenvalue weighted by atomic mass is 35.5. The number of aryl methyl sites for hydroxylation is 2. The minimum Gasteiger partial charge on any atom is -0.352 e. The van der Waals surface area contributed by atoms with Crippen molar-refractivity contribution >= 4 is 28.8 Å². The number of hydrogen-bond acceptors (Lipinski definition) is 2. The van der Waals surface area contributed by atoms with Crippen LogP contribution in [0, 0.1) is 6.92 Å². The number of amides is 1. The number of thiophene rings is 1. The van der Waals surface area contributed by atoms with Gasteiger partial charge in [0.1, 0.15) is 0 Å². The van der Waals surface area contributed by atoms with Gasteiger partial charge in [0.25, 0.3) is 5.91 Å². The third-order valence-corrected chi connectivity index (χ3v) is 5.27. The van der Waals surface area contributed by atoms with Crippen LogP contribution in [-0.4, -0.2) is 12.5 Å². The summed E-state index contributed by atoms with van der Waals surface area (Å²) in [7, 11) is 0. The maximum atomic E-state index is 12.1. The van der Waals surface area contributed by atoms with Gasteiger partial charge in [0.2, 0.25) is 0 Å². The highest BCUT2D eigenvalue weighted by molar-refractivity contribution is 7.12. The predicted octanol–water partition coefficient (Wildman–Crippen LogP) is 4.06. The molecule has 104 valence electrons. The standard InChI is InChI=1S/C16H16ClNOS/c1-10-4-7-14(20-10)15(17)12-6-5-11-3-2-8-18-16(19)13(11)9-12/h4-7,9,15H,2-3,8H2,1H3,(H,18,19). The highest BCUT2D eigenvalue weighted by Gasteiger charge is 2.19. The maximum absolute atomic E-state index is 12.1. The van der Waals surface area contributed by atoms with Crippen molar-refractivity contribution in [3.8, 4) is 0 Å². The summed E-state index contributed by atoms with van der Waals surface area (Å²) in [5.41, 5.74) is 2.89. The van der Waals surface area contributed by atoms with E-state index >= 15 is 0 Å². The van der Waals surface area contributed by atoms with Crippen molar-refractivity contribution < 1.29 is 4.79 Å². The molecule has 2 aromatic rings. The molecule has 0 saturated heterocycles. The van der Waals surface area contributed by atoms with Gasteiger partial charge >= 0.3 is 0 Å². The molecule has 0 aliphatic carbocycles. The number of halogens is 1. The number of rotatable bonds is 2. The van der Waals surface area contributed by atoms with Crippen molar-refractivity contribution in [3.63, 3.8) is 0 Å². The Balaban J connectivity index is 1.97. The molecule has 0 fully saturated rings. The molecule has 2 heterocycles. The molecule has 0 saturated carbocycles. The Morgan fingerprint density at radius 1 is 1.30 bits per heavy atom. The molecule has 0 radical (unpaired) electrons. The Kier molecular flexibility index (Phi) is 3.81. The zero-order valence-corrected chi connectivity index (χ0v) is 12.9. The topological polar surface area (TPSA) is 29.1 Å². The van der Waals surface area contributed by atoms with Gasteiger partial charge < -0.3 is 5.32 Å². The van der Waals surface area contributed by atoms with Gasteiger partial charge in [-0.25, -0.2) is 0 Å². The molecule has 1 aromatic carbocycles. The van der Waals surface area contributed by atoms with Gasteiger partial charge in [0, 0.05) is 21.9 Å². The van der Waals surface area contributed by atoms with E-state index in [1.54, 1.807) is 11.3 Å². The molecule has 4 heteroatoms. The van der Waals surface area contributed by atoms with Gasteiger partial charge in [0.15, 0.2) is 0 Å². The second-order valence-corrected chi connectivity index (χ2v) is 6.84. The lowest BCUT2D eigenvalue weighted by Crippen LogP contribution is -2.22. The minimum absolute atomic E-state index is 0.0191. The Hall–Kier alpha value is -1.32. The fraction of sp³-hybridized carbons (Fsp3) is 0.312. The maximum Gasteiger partial charge on any atom is 0.251 e. The molecule has 1 unspecified atom stereocenters. The number of carbonyl (C=O) groups is 1. The molecule has 1 atom stereocenters. The first kappa shape index (κ1) is 13.7. The number of hydrogen-bond donors (Lipinski definition) is 1. The Labute approximate surface area is 127 Å². The van der Waals surface area contributed by atoms with Crippen molar-refractivity contribution in [1.82, 2.24) is 5.32 Å². The first-order chi connectivity index (χ1) is 9.65.